The van der Waals surface area contributed by atoms with Crippen LogP contribution in [-0.2, 0) is 6.42 Å². The fourth-order valence-corrected chi connectivity index (χ4v) is 3.63. The molecule has 0 bridgehead atoms. The number of anilines is 2. The number of nitrogens with one attached hydrogen (secondary N) is 1. The number of carbonyl (C=O) groups excluding carboxylic acids is 1. The van der Waals surface area contributed by atoms with Gasteiger partial charge in [-0.1, -0.05) is 0 Å². The van der Waals surface area contributed by atoms with Crippen molar-refractivity contribution in [3.05, 3.63) is 83.2 Å². The lowest BCUT2D eigenvalue weighted by molar-refractivity contribution is 0.0939. The van der Waals surface area contributed by atoms with Crippen LogP contribution in [0.5, 0.6) is 0 Å². The molecule has 1 aliphatic rings. The van der Waals surface area contributed by atoms with Gasteiger partial charge in [0.1, 0.15) is 5.82 Å². The highest BCUT2D eigenvalue weighted by atomic mass is 19.1. The van der Waals surface area contributed by atoms with Gasteiger partial charge >= 0.3 is 0 Å². The van der Waals surface area contributed by atoms with Crippen LogP contribution >= 0.6 is 0 Å². The lowest BCUT2D eigenvalue weighted by Crippen LogP contribution is -2.29. The minimum atomic E-state index is -0.361. The van der Waals surface area contributed by atoms with Crippen LogP contribution in [0.1, 0.15) is 46.8 Å². The molecule has 0 radical (unpaired) electrons. The molecule has 1 N–H and O–H groups in total. The largest absolute Gasteiger partial charge is 0.344 e. The molecule has 3 heterocycles. The number of pyridine rings is 2. The maximum absolute atomic E-state index is 13.1. The maximum atomic E-state index is 13.1. The van der Waals surface area contributed by atoms with Gasteiger partial charge in [-0.25, -0.2) is 4.39 Å². The summed E-state index contributed by atoms with van der Waals surface area (Å²) >= 11 is 0. The molecule has 148 valence electrons. The van der Waals surface area contributed by atoms with Crippen LogP contribution in [0.4, 0.5) is 15.8 Å². The van der Waals surface area contributed by atoms with E-state index < -0.39 is 0 Å². The van der Waals surface area contributed by atoms with Crippen molar-refractivity contribution in [3.8, 4) is 0 Å². The van der Waals surface area contributed by atoms with Gasteiger partial charge in [0, 0.05) is 29.7 Å². The highest BCUT2D eigenvalue weighted by molar-refractivity contribution is 5.94. The van der Waals surface area contributed by atoms with Gasteiger partial charge in [0.2, 0.25) is 0 Å². The van der Waals surface area contributed by atoms with Crippen molar-refractivity contribution in [1.82, 2.24) is 15.3 Å². The van der Waals surface area contributed by atoms with Crippen molar-refractivity contribution in [2.75, 3.05) is 11.4 Å². The van der Waals surface area contributed by atoms with Gasteiger partial charge in [-0.3, -0.25) is 14.8 Å². The molecule has 0 saturated heterocycles. The highest BCUT2D eigenvalue weighted by Crippen LogP contribution is 2.33. The van der Waals surface area contributed by atoms with Crippen LogP contribution in [0.25, 0.3) is 0 Å². The van der Waals surface area contributed by atoms with E-state index in [1.165, 1.54) is 24.3 Å². The monoisotopic (exact) mass is 390 g/mol. The number of hydrogen-bond donors (Lipinski definition) is 1. The zero-order chi connectivity index (χ0) is 20.4. The molecule has 1 atom stereocenters. The molecule has 0 spiro atoms. The average Bonchev–Trinajstić information content (AvgIpc) is 2.73. The quantitative estimate of drug-likeness (QED) is 0.713. The molecule has 6 heteroatoms. The Kier molecular flexibility index (Phi) is 5.25. The second kappa shape index (κ2) is 7.99. The number of fused-ring (bicyclic) bond motifs is 1. The summed E-state index contributed by atoms with van der Waals surface area (Å²) in [5.74, 6) is -0.606. The molecule has 0 saturated carbocycles. The van der Waals surface area contributed by atoms with E-state index in [0.717, 1.165) is 47.8 Å². The minimum Gasteiger partial charge on any atom is -0.344 e. The molecule has 1 aliphatic heterocycles. The van der Waals surface area contributed by atoms with Gasteiger partial charge in [-0.05, 0) is 75.2 Å². The third-order valence-electron chi connectivity index (χ3n) is 5.15. The number of nitrogens with zero attached hydrogens (tertiary/aromatic N) is 3. The van der Waals surface area contributed by atoms with Crippen LogP contribution in [0.3, 0.4) is 0 Å². The standard InChI is InChI=1S/C23H23FN4O/c1-15-14-19(11-12-25-15)28-13-3-4-21-22(28)10-9-20(27-21)16(2)26-23(29)17-5-7-18(24)8-6-17/h5-12,14,16H,3-4,13H2,1-2H3,(H,26,29)/t16-/m0/s1. The lowest BCUT2D eigenvalue weighted by Gasteiger charge is -2.31. The van der Waals surface area contributed by atoms with Crippen molar-refractivity contribution in [2.45, 2.75) is 32.7 Å². The number of aryl methyl sites for hydroxylation is 2. The normalized spacial score (nSPS) is 14.2. The first-order chi connectivity index (χ1) is 14.0. The van der Waals surface area contributed by atoms with Crippen LogP contribution in [0.15, 0.2) is 54.7 Å². The van der Waals surface area contributed by atoms with E-state index >= 15 is 0 Å². The number of aromatic nitrogens is 2. The van der Waals surface area contributed by atoms with Crippen LogP contribution < -0.4 is 10.2 Å². The topological polar surface area (TPSA) is 58.1 Å². The van der Waals surface area contributed by atoms with E-state index in [9.17, 15) is 9.18 Å². The Labute approximate surface area is 169 Å². The van der Waals surface area contributed by atoms with E-state index in [1.807, 2.05) is 32.2 Å². The van der Waals surface area contributed by atoms with Crippen LogP contribution in [-0.4, -0.2) is 22.4 Å². The first kappa shape index (κ1) is 19.1. The van der Waals surface area contributed by atoms with E-state index in [1.54, 1.807) is 0 Å². The van der Waals surface area contributed by atoms with Crippen molar-refractivity contribution >= 4 is 17.3 Å². The van der Waals surface area contributed by atoms with E-state index in [2.05, 4.69) is 27.3 Å². The summed E-state index contributed by atoms with van der Waals surface area (Å²) in [4.78, 5) is 23.8. The fourth-order valence-electron chi connectivity index (χ4n) is 3.63. The maximum Gasteiger partial charge on any atom is 0.251 e. The zero-order valence-corrected chi connectivity index (χ0v) is 16.5. The first-order valence-electron chi connectivity index (χ1n) is 9.78. The number of rotatable bonds is 4. The molecule has 0 fully saturated rings. The molecule has 1 aromatic carbocycles. The Morgan fingerprint density at radius 3 is 2.72 bits per heavy atom. The Balaban J connectivity index is 1.54. The summed E-state index contributed by atoms with van der Waals surface area (Å²) in [6.45, 7) is 4.83. The summed E-state index contributed by atoms with van der Waals surface area (Å²) in [5, 5.41) is 2.94. The summed E-state index contributed by atoms with van der Waals surface area (Å²) in [6.07, 6.45) is 3.75. The summed E-state index contributed by atoms with van der Waals surface area (Å²) in [7, 11) is 0. The molecule has 3 aromatic rings. The van der Waals surface area contributed by atoms with Gasteiger partial charge in [0.25, 0.3) is 5.91 Å². The molecule has 1 amide bonds. The third-order valence-corrected chi connectivity index (χ3v) is 5.15. The minimum absolute atomic E-state index is 0.245. The SMILES string of the molecule is Cc1cc(N2CCCc3nc([C@H](C)NC(=O)c4ccc(F)cc4)ccc32)ccn1. The Morgan fingerprint density at radius 2 is 1.97 bits per heavy atom. The molecule has 4 rings (SSSR count). The second-order valence-electron chi connectivity index (χ2n) is 7.31. The molecular formula is C23H23FN4O. The predicted molar refractivity (Wildman–Crippen MR) is 111 cm³/mol. The van der Waals surface area contributed by atoms with Gasteiger partial charge in [-0.15, -0.1) is 0 Å². The Morgan fingerprint density at radius 1 is 1.17 bits per heavy atom. The molecule has 2 aromatic heterocycles. The molecular weight excluding hydrogens is 367 g/mol. The highest BCUT2D eigenvalue weighted by Gasteiger charge is 2.21. The third kappa shape index (κ3) is 4.11. The van der Waals surface area contributed by atoms with Gasteiger partial charge < -0.3 is 10.2 Å². The Hall–Kier alpha value is -3.28. The summed E-state index contributed by atoms with van der Waals surface area (Å²) in [5.41, 5.74) is 5.47. The van der Waals surface area contributed by atoms with Crippen molar-refractivity contribution < 1.29 is 9.18 Å². The molecule has 29 heavy (non-hydrogen) atoms. The van der Waals surface area contributed by atoms with Crippen molar-refractivity contribution in [2.24, 2.45) is 0 Å². The van der Waals surface area contributed by atoms with Crippen LogP contribution in [0, 0.1) is 12.7 Å². The van der Waals surface area contributed by atoms with Crippen molar-refractivity contribution in [1.29, 1.82) is 0 Å². The predicted octanol–water partition coefficient (Wildman–Crippen LogP) is 4.50. The number of amides is 1. The van der Waals surface area contributed by atoms with Gasteiger partial charge in [-0.2, -0.15) is 0 Å². The molecule has 0 unspecified atom stereocenters. The summed E-state index contributed by atoms with van der Waals surface area (Å²) in [6, 6.07) is 13.4. The van der Waals surface area contributed by atoms with Gasteiger partial charge in [0.05, 0.1) is 23.1 Å². The van der Waals surface area contributed by atoms with E-state index in [4.69, 9.17) is 4.98 Å². The second-order valence-corrected chi connectivity index (χ2v) is 7.31. The van der Waals surface area contributed by atoms with Gasteiger partial charge in [0.15, 0.2) is 0 Å². The number of benzene rings is 1. The van der Waals surface area contributed by atoms with Crippen LogP contribution in [0.2, 0.25) is 0 Å². The lowest BCUT2D eigenvalue weighted by atomic mass is 10.0. The zero-order valence-electron chi connectivity index (χ0n) is 16.5. The molecule has 5 nitrogen and oxygen atoms in total. The summed E-state index contributed by atoms with van der Waals surface area (Å²) < 4.78 is 13.1. The van der Waals surface area contributed by atoms with E-state index in [-0.39, 0.29) is 17.8 Å². The number of carbonyl (C=O) groups is 1. The fraction of sp³-hybridized carbons (Fsp3) is 0.261. The first-order valence-corrected chi connectivity index (χ1v) is 9.78. The van der Waals surface area contributed by atoms with Crippen molar-refractivity contribution in [3.63, 3.8) is 0 Å². The van der Waals surface area contributed by atoms with E-state index in [0.29, 0.717) is 5.56 Å². The smallest absolute Gasteiger partial charge is 0.251 e. The average molecular weight is 390 g/mol. The number of halogens is 1. The number of hydrogen-bond acceptors (Lipinski definition) is 4. The Bertz CT molecular complexity index is 1040. The molecule has 0 aliphatic carbocycles.